The molecule has 0 fully saturated rings. The maximum atomic E-state index is 4.97. The van der Waals surface area contributed by atoms with Gasteiger partial charge >= 0.3 is 0 Å². The Kier molecular flexibility index (Phi) is 3.15. The fourth-order valence-electron chi connectivity index (χ4n) is 0.747. The molecule has 0 aromatic heterocycles. The normalized spacial score (nSPS) is 9.80. The highest BCUT2D eigenvalue weighted by molar-refractivity contribution is 14.1. The van der Waals surface area contributed by atoms with E-state index < -0.39 is 0 Å². The van der Waals surface area contributed by atoms with Gasteiger partial charge < -0.3 is 4.74 Å². The Morgan fingerprint density at radius 2 is 1.90 bits per heavy atom. The van der Waals surface area contributed by atoms with Crippen LogP contribution >= 0.6 is 22.6 Å². The molecule has 0 saturated carbocycles. The zero-order valence-electron chi connectivity index (χ0n) is 5.80. The van der Waals surface area contributed by atoms with Crippen LogP contribution in [0.1, 0.15) is 5.56 Å². The van der Waals surface area contributed by atoms with Crippen molar-refractivity contribution in [1.29, 1.82) is 0 Å². The van der Waals surface area contributed by atoms with Crippen molar-refractivity contribution in [3.63, 3.8) is 0 Å². The van der Waals surface area contributed by atoms with Crippen LogP contribution in [0, 0.1) is 3.57 Å². The van der Waals surface area contributed by atoms with Gasteiger partial charge in [0, 0.05) is 10.7 Å². The highest BCUT2D eigenvalue weighted by Crippen LogP contribution is 2.06. The molecule has 10 heavy (non-hydrogen) atoms. The van der Waals surface area contributed by atoms with Gasteiger partial charge in [0.2, 0.25) is 0 Å². The van der Waals surface area contributed by atoms with Crippen molar-refractivity contribution < 1.29 is 4.74 Å². The van der Waals surface area contributed by atoms with Crippen molar-refractivity contribution in [1.82, 2.24) is 0 Å². The van der Waals surface area contributed by atoms with Crippen LogP contribution in [0.3, 0.4) is 0 Å². The summed E-state index contributed by atoms with van der Waals surface area (Å²) in [5.74, 6) is 0. The molecule has 0 radical (unpaired) electrons. The highest BCUT2D eigenvalue weighted by Gasteiger charge is 1.89. The molecular weight excluding hydrogens is 239 g/mol. The Bertz CT molecular complexity index is 193. The zero-order valence-corrected chi connectivity index (χ0v) is 7.96. The van der Waals surface area contributed by atoms with Crippen molar-refractivity contribution in [2.45, 2.75) is 6.61 Å². The smallest absolute Gasteiger partial charge is 0.0713 e. The molecule has 1 nitrogen and oxygen atoms in total. The molecular formula is C8H9IO. The summed E-state index contributed by atoms with van der Waals surface area (Å²) < 4.78 is 6.23. The van der Waals surface area contributed by atoms with E-state index in [1.165, 1.54) is 9.13 Å². The van der Waals surface area contributed by atoms with E-state index in [4.69, 9.17) is 4.74 Å². The summed E-state index contributed by atoms with van der Waals surface area (Å²) in [5.41, 5.74) is 1.22. The van der Waals surface area contributed by atoms with Crippen LogP contribution in [0.4, 0.5) is 0 Å². The Balaban J connectivity index is 2.69. The zero-order chi connectivity index (χ0) is 7.40. The third-order valence-corrected chi connectivity index (χ3v) is 1.94. The largest absolute Gasteiger partial charge is 0.380 e. The van der Waals surface area contributed by atoms with Gasteiger partial charge in [-0.3, -0.25) is 0 Å². The first-order chi connectivity index (χ1) is 4.83. The first-order valence-corrected chi connectivity index (χ1v) is 4.14. The molecule has 1 rings (SSSR count). The maximum absolute atomic E-state index is 4.97. The van der Waals surface area contributed by atoms with Gasteiger partial charge in [-0.05, 0) is 40.3 Å². The molecule has 54 valence electrons. The van der Waals surface area contributed by atoms with Gasteiger partial charge in [-0.2, -0.15) is 0 Å². The van der Waals surface area contributed by atoms with Crippen LogP contribution in [-0.4, -0.2) is 7.11 Å². The highest BCUT2D eigenvalue weighted by atomic mass is 127. The Morgan fingerprint density at radius 1 is 1.30 bits per heavy atom. The first-order valence-electron chi connectivity index (χ1n) is 3.06. The van der Waals surface area contributed by atoms with Crippen molar-refractivity contribution >= 4 is 22.6 Å². The Labute approximate surface area is 74.5 Å². The van der Waals surface area contributed by atoms with E-state index in [0.717, 1.165) is 0 Å². The molecule has 0 amide bonds. The van der Waals surface area contributed by atoms with Gasteiger partial charge in [0.1, 0.15) is 0 Å². The van der Waals surface area contributed by atoms with Crippen LogP contribution in [0.5, 0.6) is 0 Å². The van der Waals surface area contributed by atoms with E-state index in [2.05, 4.69) is 46.9 Å². The van der Waals surface area contributed by atoms with Crippen LogP contribution in [-0.2, 0) is 11.3 Å². The number of hydrogen-bond donors (Lipinski definition) is 0. The number of hydrogen-bond acceptors (Lipinski definition) is 1. The quantitative estimate of drug-likeness (QED) is 0.730. The van der Waals surface area contributed by atoms with Gasteiger partial charge in [0.25, 0.3) is 0 Å². The maximum Gasteiger partial charge on any atom is 0.0713 e. The molecule has 0 aliphatic carbocycles. The number of halogens is 1. The average molecular weight is 248 g/mol. The van der Waals surface area contributed by atoms with E-state index in [1.807, 2.05) is 0 Å². The molecule has 1 aromatic carbocycles. The predicted octanol–water partition coefficient (Wildman–Crippen LogP) is 2.44. The van der Waals surface area contributed by atoms with E-state index in [9.17, 15) is 0 Å². The molecule has 1 aromatic rings. The predicted molar refractivity (Wildman–Crippen MR) is 49.9 cm³/mol. The second-order valence-electron chi connectivity index (χ2n) is 2.06. The van der Waals surface area contributed by atoms with E-state index in [-0.39, 0.29) is 0 Å². The van der Waals surface area contributed by atoms with E-state index >= 15 is 0 Å². The lowest BCUT2D eigenvalue weighted by Crippen LogP contribution is -1.85. The molecule has 0 heterocycles. The van der Waals surface area contributed by atoms with Crippen LogP contribution in [0.15, 0.2) is 24.3 Å². The summed E-state index contributed by atoms with van der Waals surface area (Å²) in [7, 11) is 1.71. The minimum Gasteiger partial charge on any atom is -0.380 e. The first kappa shape index (κ1) is 8.01. The fraction of sp³-hybridized carbons (Fsp3) is 0.250. The number of methoxy groups -OCH3 is 1. The lowest BCUT2D eigenvalue weighted by atomic mass is 10.2. The number of rotatable bonds is 2. The molecule has 2 heteroatoms. The van der Waals surface area contributed by atoms with Crippen LogP contribution in [0.25, 0.3) is 0 Å². The SMILES string of the molecule is COCc1ccc(I)cc1. The summed E-state index contributed by atoms with van der Waals surface area (Å²) in [6.45, 7) is 0.705. The molecule has 0 atom stereocenters. The minimum atomic E-state index is 0.705. The molecule has 0 N–H and O–H groups in total. The number of ether oxygens (including phenoxy) is 1. The van der Waals surface area contributed by atoms with Crippen LogP contribution in [0.2, 0.25) is 0 Å². The molecule has 0 saturated heterocycles. The van der Waals surface area contributed by atoms with Crippen LogP contribution < -0.4 is 0 Å². The second kappa shape index (κ2) is 3.93. The van der Waals surface area contributed by atoms with Gasteiger partial charge in [0.15, 0.2) is 0 Å². The van der Waals surface area contributed by atoms with Gasteiger partial charge in [-0.1, -0.05) is 12.1 Å². The topological polar surface area (TPSA) is 9.23 Å². The fourth-order valence-corrected chi connectivity index (χ4v) is 1.11. The van der Waals surface area contributed by atoms with Gasteiger partial charge in [0.05, 0.1) is 6.61 Å². The molecule has 0 bridgehead atoms. The minimum absolute atomic E-state index is 0.705. The third-order valence-electron chi connectivity index (χ3n) is 1.22. The number of benzene rings is 1. The summed E-state index contributed by atoms with van der Waals surface area (Å²) in [6.07, 6.45) is 0. The molecule has 0 aliphatic heterocycles. The lowest BCUT2D eigenvalue weighted by molar-refractivity contribution is 0.185. The lowest BCUT2D eigenvalue weighted by Gasteiger charge is -1.97. The standard InChI is InChI=1S/C8H9IO/c1-10-6-7-2-4-8(9)5-3-7/h2-5H,6H2,1H3. The molecule has 0 unspecified atom stereocenters. The summed E-state index contributed by atoms with van der Waals surface area (Å²) in [5, 5.41) is 0. The Hall–Kier alpha value is -0.0900. The molecule has 0 spiro atoms. The van der Waals surface area contributed by atoms with Crippen molar-refractivity contribution in [3.8, 4) is 0 Å². The van der Waals surface area contributed by atoms with Gasteiger partial charge in [-0.25, -0.2) is 0 Å². The van der Waals surface area contributed by atoms with E-state index in [1.54, 1.807) is 7.11 Å². The van der Waals surface area contributed by atoms with Crippen molar-refractivity contribution in [3.05, 3.63) is 33.4 Å². The average Bonchev–Trinajstić information content (AvgIpc) is 1.95. The molecule has 0 aliphatic rings. The summed E-state index contributed by atoms with van der Waals surface area (Å²) >= 11 is 2.28. The monoisotopic (exact) mass is 248 g/mol. The van der Waals surface area contributed by atoms with Gasteiger partial charge in [-0.15, -0.1) is 0 Å². The second-order valence-corrected chi connectivity index (χ2v) is 3.31. The Morgan fingerprint density at radius 3 is 2.40 bits per heavy atom. The summed E-state index contributed by atoms with van der Waals surface area (Å²) in [4.78, 5) is 0. The van der Waals surface area contributed by atoms with Crippen molar-refractivity contribution in [2.24, 2.45) is 0 Å². The summed E-state index contributed by atoms with van der Waals surface area (Å²) in [6, 6.07) is 8.31. The third kappa shape index (κ3) is 2.27. The van der Waals surface area contributed by atoms with Crippen molar-refractivity contribution in [2.75, 3.05) is 7.11 Å². The van der Waals surface area contributed by atoms with E-state index in [0.29, 0.717) is 6.61 Å².